The molecule has 0 saturated carbocycles. The molecule has 0 unspecified atom stereocenters. The minimum atomic E-state index is 0.960. The Morgan fingerprint density at radius 3 is 2.30 bits per heavy atom. The van der Waals surface area contributed by atoms with Crippen molar-refractivity contribution in [2.75, 3.05) is 0 Å². The average Bonchev–Trinajstić information content (AvgIpc) is 1.88. The van der Waals surface area contributed by atoms with Gasteiger partial charge in [0.1, 0.15) is 0 Å². The molecule has 1 heteroatoms. The Balaban J connectivity index is 3.79. The van der Waals surface area contributed by atoms with Gasteiger partial charge in [-0.3, -0.25) is 0 Å². The SMILES string of the molecule is C/C=C(/C)O/C(C)=C/CC. The van der Waals surface area contributed by atoms with Gasteiger partial charge in [-0.1, -0.05) is 6.92 Å². The molecule has 0 saturated heterocycles. The van der Waals surface area contributed by atoms with Crippen molar-refractivity contribution in [1.82, 2.24) is 0 Å². The van der Waals surface area contributed by atoms with Crippen LogP contribution in [0.15, 0.2) is 23.7 Å². The van der Waals surface area contributed by atoms with Crippen LogP contribution in [-0.4, -0.2) is 0 Å². The topological polar surface area (TPSA) is 9.23 Å². The van der Waals surface area contributed by atoms with Gasteiger partial charge < -0.3 is 4.74 Å². The van der Waals surface area contributed by atoms with E-state index < -0.39 is 0 Å². The van der Waals surface area contributed by atoms with Crippen LogP contribution >= 0.6 is 0 Å². The third kappa shape index (κ3) is 4.19. The zero-order chi connectivity index (χ0) is 7.98. The molecular weight excluding hydrogens is 124 g/mol. The quantitative estimate of drug-likeness (QED) is 0.547. The number of allylic oxidation sites excluding steroid dienone is 4. The van der Waals surface area contributed by atoms with Crippen molar-refractivity contribution in [2.24, 2.45) is 0 Å². The van der Waals surface area contributed by atoms with E-state index in [-0.39, 0.29) is 0 Å². The third-order valence-corrected chi connectivity index (χ3v) is 1.22. The number of hydrogen-bond acceptors (Lipinski definition) is 1. The molecule has 0 bridgehead atoms. The molecule has 0 radical (unpaired) electrons. The largest absolute Gasteiger partial charge is 0.467 e. The second kappa shape index (κ2) is 5.10. The van der Waals surface area contributed by atoms with Crippen molar-refractivity contribution >= 4 is 0 Å². The second-order valence-corrected chi connectivity index (χ2v) is 2.22. The summed E-state index contributed by atoms with van der Waals surface area (Å²) in [4.78, 5) is 0. The van der Waals surface area contributed by atoms with Gasteiger partial charge in [0.25, 0.3) is 0 Å². The highest BCUT2D eigenvalue weighted by Crippen LogP contribution is 2.04. The zero-order valence-electron chi connectivity index (χ0n) is 7.27. The fourth-order valence-electron chi connectivity index (χ4n) is 0.642. The molecule has 0 aliphatic heterocycles. The van der Waals surface area contributed by atoms with Gasteiger partial charge in [-0.2, -0.15) is 0 Å². The molecule has 0 amide bonds. The fraction of sp³-hybridized carbons (Fsp3) is 0.556. The standard InChI is InChI=1S/C9H16O/c1-5-7-9(4)10-8(3)6-2/h6-7H,5H2,1-4H3/b8-6-,9-7+. The second-order valence-electron chi connectivity index (χ2n) is 2.22. The first-order valence-corrected chi connectivity index (χ1v) is 3.68. The summed E-state index contributed by atoms with van der Waals surface area (Å²) in [5.41, 5.74) is 0. The molecule has 0 heterocycles. The highest BCUT2D eigenvalue weighted by Gasteiger charge is 1.88. The van der Waals surface area contributed by atoms with Crippen LogP contribution in [0.1, 0.15) is 34.1 Å². The van der Waals surface area contributed by atoms with Gasteiger partial charge in [0.2, 0.25) is 0 Å². The minimum Gasteiger partial charge on any atom is -0.467 e. The first kappa shape index (κ1) is 9.28. The van der Waals surface area contributed by atoms with Gasteiger partial charge in [-0.25, -0.2) is 0 Å². The summed E-state index contributed by atoms with van der Waals surface area (Å²) < 4.78 is 5.36. The Labute approximate surface area is 63.4 Å². The van der Waals surface area contributed by atoms with E-state index in [4.69, 9.17) is 4.74 Å². The van der Waals surface area contributed by atoms with E-state index in [1.54, 1.807) is 0 Å². The van der Waals surface area contributed by atoms with Crippen LogP contribution < -0.4 is 0 Å². The Morgan fingerprint density at radius 1 is 1.30 bits per heavy atom. The lowest BCUT2D eigenvalue weighted by molar-refractivity contribution is 0.307. The molecule has 0 aromatic rings. The Kier molecular flexibility index (Phi) is 4.73. The van der Waals surface area contributed by atoms with Gasteiger partial charge in [-0.15, -0.1) is 0 Å². The summed E-state index contributed by atoms with van der Waals surface area (Å²) in [6, 6.07) is 0. The lowest BCUT2D eigenvalue weighted by Crippen LogP contribution is -1.84. The van der Waals surface area contributed by atoms with Crippen LogP contribution in [0.4, 0.5) is 0 Å². The monoisotopic (exact) mass is 140 g/mol. The summed E-state index contributed by atoms with van der Waals surface area (Å²) in [7, 11) is 0. The van der Waals surface area contributed by atoms with Crippen molar-refractivity contribution in [3.05, 3.63) is 23.7 Å². The summed E-state index contributed by atoms with van der Waals surface area (Å²) in [6.45, 7) is 7.98. The van der Waals surface area contributed by atoms with E-state index in [1.165, 1.54) is 0 Å². The Morgan fingerprint density at radius 2 is 1.90 bits per heavy atom. The zero-order valence-corrected chi connectivity index (χ0v) is 7.27. The van der Waals surface area contributed by atoms with Crippen molar-refractivity contribution < 1.29 is 4.74 Å². The molecule has 0 N–H and O–H groups in total. The molecular formula is C9H16O. The smallest absolute Gasteiger partial charge is 0.0965 e. The van der Waals surface area contributed by atoms with Crippen LogP contribution in [0.2, 0.25) is 0 Å². The maximum Gasteiger partial charge on any atom is 0.0965 e. The number of rotatable bonds is 3. The van der Waals surface area contributed by atoms with Crippen molar-refractivity contribution in [2.45, 2.75) is 34.1 Å². The van der Waals surface area contributed by atoms with Crippen LogP contribution in [0.3, 0.4) is 0 Å². The summed E-state index contributed by atoms with van der Waals surface area (Å²) >= 11 is 0. The molecule has 0 atom stereocenters. The van der Waals surface area contributed by atoms with E-state index in [9.17, 15) is 0 Å². The molecule has 58 valence electrons. The first-order chi connectivity index (χ1) is 4.70. The van der Waals surface area contributed by atoms with Gasteiger partial charge in [0.15, 0.2) is 0 Å². The predicted molar refractivity (Wildman–Crippen MR) is 44.6 cm³/mol. The van der Waals surface area contributed by atoms with E-state index in [0.29, 0.717) is 0 Å². The summed E-state index contributed by atoms with van der Waals surface area (Å²) in [5.74, 6) is 1.94. The number of hydrogen-bond donors (Lipinski definition) is 0. The summed E-state index contributed by atoms with van der Waals surface area (Å²) in [6.07, 6.45) is 5.04. The van der Waals surface area contributed by atoms with Crippen molar-refractivity contribution in [3.8, 4) is 0 Å². The molecule has 0 aromatic carbocycles. The minimum absolute atomic E-state index is 0.960. The van der Waals surface area contributed by atoms with Crippen LogP contribution in [0, 0.1) is 0 Å². The molecule has 0 spiro atoms. The first-order valence-electron chi connectivity index (χ1n) is 3.68. The van der Waals surface area contributed by atoms with E-state index in [1.807, 2.05) is 26.8 Å². The summed E-state index contributed by atoms with van der Waals surface area (Å²) in [5, 5.41) is 0. The fourth-order valence-corrected chi connectivity index (χ4v) is 0.642. The van der Waals surface area contributed by atoms with Gasteiger partial charge in [-0.05, 0) is 39.3 Å². The molecule has 1 nitrogen and oxygen atoms in total. The average molecular weight is 140 g/mol. The van der Waals surface area contributed by atoms with Crippen molar-refractivity contribution in [1.29, 1.82) is 0 Å². The molecule has 0 rings (SSSR count). The normalized spacial score (nSPS) is 13.6. The molecule has 0 fully saturated rings. The van der Waals surface area contributed by atoms with E-state index >= 15 is 0 Å². The van der Waals surface area contributed by atoms with Crippen molar-refractivity contribution in [3.63, 3.8) is 0 Å². The lowest BCUT2D eigenvalue weighted by atomic mass is 10.4. The lowest BCUT2D eigenvalue weighted by Gasteiger charge is -2.03. The highest BCUT2D eigenvalue weighted by molar-refractivity contribution is 4.95. The van der Waals surface area contributed by atoms with Gasteiger partial charge in [0, 0.05) is 0 Å². The van der Waals surface area contributed by atoms with Gasteiger partial charge in [0.05, 0.1) is 11.5 Å². The van der Waals surface area contributed by atoms with E-state index in [2.05, 4.69) is 13.0 Å². The third-order valence-electron chi connectivity index (χ3n) is 1.22. The van der Waals surface area contributed by atoms with Crippen LogP contribution in [-0.2, 0) is 4.74 Å². The maximum absolute atomic E-state index is 5.36. The highest BCUT2D eigenvalue weighted by atomic mass is 16.5. The molecule has 10 heavy (non-hydrogen) atoms. The van der Waals surface area contributed by atoms with E-state index in [0.717, 1.165) is 17.9 Å². The van der Waals surface area contributed by atoms with Crippen LogP contribution in [0.5, 0.6) is 0 Å². The predicted octanol–water partition coefficient (Wildman–Crippen LogP) is 3.24. The molecule has 0 aromatic heterocycles. The molecule has 0 aliphatic carbocycles. The molecule has 0 aliphatic rings. The van der Waals surface area contributed by atoms with Gasteiger partial charge >= 0.3 is 0 Å². The Hall–Kier alpha value is -0.720. The van der Waals surface area contributed by atoms with Crippen LogP contribution in [0.25, 0.3) is 0 Å². The maximum atomic E-state index is 5.36. The number of ether oxygens (including phenoxy) is 1. The Bertz CT molecular complexity index is 143.